The molecule has 0 heteroatoms. The predicted octanol–water partition coefficient (Wildman–Crippen LogP) is 4.42. The van der Waals surface area contributed by atoms with Crippen molar-refractivity contribution in [2.75, 3.05) is 0 Å². The molecule has 1 saturated carbocycles. The first-order valence-electron chi connectivity index (χ1n) is 6.51. The van der Waals surface area contributed by atoms with Crippen molar-refractivity contribution < 1.29 is 0 Å². The van der Waals surface area contributed by atoms with E-state index in [2.05, 4.69) is 26.0 Å². The van der Waals surface area contributed by atoms with Gasteiger partial charge in [-0.25, -0.2) is 0 Å². The van der Waals surface area contributed by atoms with Gasteiger partial charge in [-0.15, -0.1) is 0 Å². The van der Waals surface area contributed by atoms with Crippen LogP contribution >= 0.6 is 0 Å². The summed E-state index contributed by atoms with van der Waals surface area (Å²) in [6.07, 6.45) is 13.7. The van der Waals surface area contributed by atoms with Crippen molar-refractivity contribution in [2.45, 2.75) is 52.4 Å². The fraction of sp³-hybridized carbons (Fsp3) is 0.857. The molecule has 2 aliphatic rings. The van der Waals surface area contributed by atoms with Crippen LogP contribution in [0.3, 0.4) is 0 Å². The molecule has 3 atom stereocenters. The smallest absolute Gasteiger partial charge is 0.0199 e. The van der Waals surface area contributed by atoms with Gasteiger partial charge in [0.05, 0.1) is 0 Å². The molecule has 2 unspecified atom stereocenters. The molecule has 2 rings (SSSR count). The van der Waals surface area contributed by atoms with Crippen LogP contribution in [0.2, 0.25) is 0 Å². The molecule has 80 valence electrons. The molecule has 0 N–H and O–H groups in total. The van der Waals surface area contributed by atoms with E-state index in [4.69, 9.17) is 0 Å². The maximum absolute atomic E-state index is 2.49. The van der Waals surface area contributed by atoms with Crippen molar-refractivity contribution in [3.8, 4) is 0 Å². The van der Waals surface area contributed by atoms with Crippen molar-refractivity contribution in [3.05, 3.63) is 12.2 Å². The Morgan fingerprint density at radius 2 is 1.93 bits per heavy atom. The van der Waals surface area contributed by atoms with Crippen LogP contribution in [-0.4, -0.2) is 0 Å². The molecular formula is C14H24. The van der Waals surface area contributed by atoms with Gasteiger partial charge in [-0.3, -0.25) is 0 Å². The summed E-state index contributed by atoms with van der Waals surface area (Å²) in [5.41, 5.74) is 0. The summed E-state index contributed by atoms with van der Waals surface area (Å²) >= 11 is 0. The average Bonchev–Trinajstić information content (AvgIpc) is 2.80. The highest BCUT2D eigenvalue weighted by atomic mass is 14.4. The molecule has 0 radical (unpaired) electrons. The molecule has 0 spiro atoms. The molecule has 0 heterocycles. The summed E-state index contributed by atoms with van der Waals surface area (Å²) in [5, 5.41) is 0. The van der Waals surface area contributed by atoms with Gasteiger partial charge >= 0.3 is 0 Å². The molecule has 2 bridgehead atoms. The van der Waals surface area contributed by atoms with E-state index in [0.29, 0.717) is 0 Å². The molecule has 0 aromatic heterocycles. The second kappa shape index (κ2) is 4.51. The third-order valence-electron chi connectivity index (χ3n) is 4.52. The standard InChI is InChI=1S/C14H24/c1-3-11(4-2)5-7-13-9-12-6-8-14(13)10-12/h6,8,11-14H,3-5,7,9-10H2,1-2H3/t12?,13?,14-/m1/s1. The van der Waals surface area contributed by atoms with Gasteiger partial charge < -0.3 is 0 Å². The molecular weight excluding hydrogens is 168 g/mol. The van der Waals surface area contributed by atoms with E-state index in [1.165, 1.54) is 38.5 Å². The summed E-state index contributed by atoms with van der Waals surface area (Å²) in [4.78, 5) is 0. The van der Waals surface area contributed by atoms with Crippen molar-refractivity contribution in [1.82, 2.24) is 0 Å². The summed E-state index contributed by atoms with van der Waals surface area (Å²) in [7, 11) is 0. The monoisotopic (exact) mass is 192 g/mol. The molecule has 0 aromatic carbocycles. The van der Waals surface area contributed by atoms with Crippen LogP contribution in [0.5, 0.6) is 0 Å². The molecule has 14 heavy (non-hydrogen) atoms. The van der Waals surface area contributed by atoms with E-state index in [-0.39, 0.29) is 0 Å². The maximum atomic E-state index is 2.49. The number of allylic oxidation sites excluding steroid dienone is 2. The second-order valence-electron chi connectivity index (χ2n) is 5.30. The Bertz CT molecular complexity index is 200. The van der Waals surface area contributed by atoms with Crippen LogP contribution in [0.25, 0.3) is 0 Å². The van der Waals surface area contributed by atoms with Gasteiger partial charge in [0.15, 0.2) is 0 Å². The predicted molar refractivity (Wildman–Crippen MR) is 62.2 cm³/mol. The first kappa shape index (κ1) is 10.3. The Labute approximate surface area is 88.8 Å². The third-order valence-corrected chi connectivity index (χ3v) is 4.52. The van der Waals surface area contributed by atoms with Gasteiger partial charge in [0, 0.05) is 0 Å². The van der Waals surface area contributed by atoms with E-state index >= 15 is 0 Å². The largest absolute Gasteiger partial charge is 0.0851 e. The van der Waals surface area contributed by atoms with E-state index in [9.17, 15) is 0 Å². The first-order chi connectivity index (χ1) is 6.83. The zero-order valence-electron chi connectivity index (χ0n) is 9.71. The Hall–Kier alpha value is -0.260. The Morgan fingerprint density at radius 3 is 2.43 bits per heavy atom. The summed E-state index contributed by atoms with van der Waals surface area (Å²) < 4.78 is 0. The fourth-order valence-corrected chi connectivity index (χ4v) is 3.37. The van der Waals surface area contributed by atoms with Crippen LogP contribution in [0, 0.1) is 23.7 Å². The zero-order chi connectivity index (χ0) is 9.97. The topological polar surface area (TPSA) is 0 Å². The maximum Gasteiger partial charge on any atom is -0.0199 e. The summed E-state index contributed by atoms with van der Waals surface area (Å²) in [6.45, 7) is 4.68. The average molecular weight is 192 g/mol. The highest BCUT2D eigenvalue weighted by Gasteiger charge is 2.35. The van der Waals surface area contributed by atoms with E-state index in [1.54, 1.807) is 0 Å². The number of fused-ring (bicyclic) bond motifs is 2. The van der Waals surface area contributed by atoms with Gasteiger partial charge in [-0.2, -0.15) is 0 Å². The SMILES string of the molecule is CCC(CC)CCC1CC2C=C[C@@H]1C2. The molecule has 0 nitrogen and oxygen atoms in total. The summed E-state index contributed by atoms with van der Waals surface area (Å²) in [6, 6.07) is 0. The fourth-order valence-electron chi connectivity index (χ4n) is 3.37. The van der Waals surface area contributed by atoms with Crippen molar-refractivity contribution in [3.63, 3.8) is 0 Å². The lowest BCUT2D eigenvalue weighted by Gasteiger charge is -2.20. The molecule has 1 fully saturated rings. The Kier molecular flexibility index (Phi) is 3.30. The van der Waals surface area contributed by atoms with Crippen LogP contribution in [0.4, 0.5) is 0 Å². The number of rotatable bonds is 5. The minimum absolute atomic E-state index is 0.965. The van der Waals surface area contributed by atoms with Crippen LogP contribution in [0.15, 0.2) is 12.2 Å². The van der Waals surface area contributed by atoms with Gasteiger partial charge in [0.25, 0.3) is 0 Å². The minimum Gasteiger partial charge on any atom is -0.0851 e. The van der Waals surface area contributed by atoms with Gasteiger partial charge in [0.1, 0.15) is 0 Å². The van der Waals surface area contributed by atoms with E-state index in [1.807, 2.05) is 0 Å². The van der Waals surface area contributed by atoms with E-state index in [0.717, 1.165) is 23.7 Å². The third kappa shape index (κ3) is 2.04. The quantitative estimate of drug-likeness (QED) is 0.566. The van der Waals surface area contributed by atoms with Crippen molar-refractivity contribution in [1.29, 1.82) is 0 Å². The number of hydrogen-bond acceptors (Lipinski definition) is 0. The Balaban J connectivity index is 1.74. The lowest BCUT2D eigenvalue weighted by Crippen LogP contribution is -2.09. The second-order valence-corrected chi connectivity index (χ2v) is 5.30. The minimum atomic E-state index is 0.965. The lowest BCUT2D eigenvalue weighted by molar-refractivity contribution is 0.344. The molecule has 2 aliphatic carbocycles. The highest BCUT2D eigenvalue weighted by molar-refractivity contribution is 5.09. The van der Waals surface area contributed by atoms with Crippen molar-refractivity contribution >= 4 is 0 Å². The number of hydrogen-bond donors (Lipinski definition) is 0. The molecule has 0 aromatic rings. The highest BCUT2D eigenvalue weighted by Crippen LogP contribution is 2.45. The molecule has 0 saturated heterocycles. The van der Waals surface area contributed by atoms with Crippen LogP contribution < -0.4 is 0 Å². The van der Waals surface area contributed by atoms with E-state index < -0.39 is 0 Å². The van der Waals surface area contributed by atoms with Gasteiger partial charge in [0.2, 0.25) is 0 Å². The Morgan fingerprint density at radius 1 is 1.14 bits per heavy atom. The van der Waals surface area contributed by atoms with Crippen LogP contribution in [-0.2, 0) is 0 Å². The lowest BCUT2D eigenvalue weighted by atomic mass is 9.85. The normalized spacial score (nSPS) is 34.6. The summed E-state index contributed by atoms with van der Waals surface area (Å²) in [5.74, 6) is 3.98. The van der Waals surface area contributed by atoms with Gasteiger partial charge in [-0.05, 0) is 42.9 Å². The zero-order valence-corrected chi connectivity index (χ0v) is 9.71. The van der Waals surface area contributed by atoms with Crippen LogP contribution in [0.1, 0.15) is 52.4 Å². The molecule has 0 aliphatic heterocycles. The first-order valence-corrected chi connectivity index (χ1v) is 6.51. The van der Waals surface area contributed by atoms with Crippen molar-refractivity contribution in [2.24, 2.45) is 23.7 Å². The molecule has 0 amide bonds. The van der Waals surface area contributed by atoms with Gasteiger partial charge in [-0.1, -0.05) is 45.3 Å².